The van der Waals surface area contributed by atoms with Crippen LogP contribution in [-0.2, 0) is 14.3 Å². The lowest BCUT2D eigenvalue weighted by atomic mass is 9.86. The summed E-state index contributed by atoms with van der Waals surface area (Å²) in [6, 6.07) is 17.3. The second kappa shape index (κ2) is 12.3. The Hall–Kier alpha value is -3.14. The molecule has 0 bridgehead atoms. The molecule has 0 spiro atoms. The Balaban J connectivity index is 1.21. The Kier molecular flexibility index (Phi) is 8.24. The third-order valence-electron chi connectivity index (χ3n) is 10.3. The highest BCUT2D eigenvalue weighted by molar-refractivity contribution is 7.22. The number of likely N-dealkylation sites (tertiary alicyclic amines) is 1. The predicted octanol–water partition coefficient (Wildman–Crippen LogP) is 8.90. The number of ether oxygens (including phenoxy) is 2. The largest absolute Gasteiger partial charge is 0.479 e. The highest BCUT2D eigenvalue weighted by atomic mass is 35.5. The number of rotatable bonds is 8. The molecule has 9 heteroatoms. The molecule has 48 heavy (non-hydrogen) atoms. The van der Waals surface area contributed by atoms with Crippen LogP contribution in [0.5, 0.6) is 0 Å². The molecule has 4 heterocycles. The molecule has 1 aromatic heterocycles. The summed E-state index contributed by atoms with van der Waals surface area (Å²) in [6.45, 7) is 11.5. The molecule has 3 fully saturated rings. The fourth-order valence-electron chi connectivity index (χ4n) is 7.69. The molecule has 1 aliphatic carbocycles. The molecule has 250 valence electrons. The van der Waals surface area contributed by atoms with Crippen molar-refractivity contribution in [3.63, 3.8) is 0 Å². The average molecular weight is 684 g/mol. The molecule has 0 amide bonds. The summed E-state index contributed by atoms with van der Waals surface area (Å²) in [5.74, 6) is 0.102. The first-order valence-electron chi connectivity index (χ1n) is 17.2. The number of aliphatic imine (C=N–C) groups is 1. The quantitative estimate of drug-likeness (QED) is 0.200. The summed E-state index contributed by atoms with van der Waals surface area (Å²) in [7, 11) is 0. The topological polar surface area (TPSA) is 84.3 Å². The molecule has 3 aromatic carbocycles. The van der Waals surface area contributed by atoms with Gasteiger partial charge in [-0.1, -0.05) is 35.9 Å². The van der Waals surface area contributed by atoms with Crippen molar-refractivity contribution >= 4 is 44.8 Å². The minimum absolute atomic E-state index is 0.273. The molecule has 3 aliphatic heterocycles. The van der Waals surface area contributed by atoms with Crippen LogP contribution in [0.25, 0.3) is 31.9 Å². The van der Waals surface area contributed by atoms with Gasteiger partial charge in [0.25, 0.3) is 0 Å². The van der Waals surface area contributed by atoms with Gasteiger partial charge in [-0.05, 0) is 113 Å². The van der Waals surface area contributed by atoms with Crippen molar-refractivity contribution in [3.8, 4) is 21.7 Å². The lowest BCUT2D eigenvalue weighted by molar-refractivity contribution is -0.160. The fourth-order valence-corrected chi connectivity index (χ4v) is 8.94. The Morgan fingerprint density at radius 2 is 1.75 bits per heavy atom. The number of benzene rings is 3. The Bertz CT molecular complexity index is 1910. The summed E-state index contributed by atoms with van der Waals surface area (Å²) in [4.78, 5) is 26.0. The molecule has 8 rings (SSSR count). The maximum Gasteiger partial charge on any atom is 0.337 e. The van der Waals surface area contributed by atoms with E-state index in [-0.39, 0.29) is 6.04 Å². The molecule has 2 saturated heterocycles. The number of hydrogen-bond acceptors (Lipinski definition) is 7. The SMILES string of the molecule is Cc1cc2nc(-c3ccc4c(c3)C(C3CCN(C5COC5)CC3)=NC4C3CC3)sc2c(-c2ccc(Cl)cc2)c1[C@H](OC(C)(C)C)C(=O)O. The minimum atomic E-state index is -1.15. The van der Waals surface area contributed by atoms with E-state index in [4.69, 9.17) is 31.1 Å². The van der Waals surface area contributed by atoms with Crippen LogP contribution in [0.4, 0.5) is 0 Å². The van der Waals surface area contributed by atoms with Gasteiger partial charge in [-0.3, -0.25) is 9.89 Å². The van der Waals surface area contributed by atoms with Crippen molar-refractivity contribution in [2.75, 3.05) is 26.3 Å². The van der Waals surface area contributed by atoms with E-state index < -0.39 is 17.7 Å². The third-order valence-corrected chi connectivity index (χ3v) is 11.7. The predicted molar refractivity (Wildman–Crippen MR) is 192 cm³/mol. The molecule has 4 aliphatic rings. The van der Waals surface area contributed by atoms with Gasteiger partial charge in [0.2, 0.25) is 0 Å². The maximum absolute atomic E-state index is 12.8. The van der Waals surface area contributed by atoms with E-state index >= 15 is 0 Å². The van der Waals surface area contributed by atoms with Crippen LogP contribution in [0.2, 0.25) is 5.02 Å². The number of aliphatic carboxylic acids is 1. The monoisotopic (exact) mass is 683 g/mol. The molecule has 7 nitrogen and oxygen atoms in total. The number of nitrogens with zero attached hydrogens (tertiary/aromatic N) is 3. The highest BCUT2D eigenvalue weighted by Crippen LogP contribution is 2.50. The van der Waals surface area contributed by atoms with Crippen molar-refractivity contribution in [1.82, 2.24) is 9.88 Å². The molecule has 1 unspecified atom stereocenters. The summed E-state index contributed by atoms with van der Waals surface area (Å²) >= 11 is 7.91. The van der Waals surface area contributed by atoms with Crippen molar-refractivity contribution < 1.29 is 19.4 Å². The van der Waals surface area contributed by atoms with Gasteiger partial charge in [-0.2, -0.15) is 0 Å². The Morgan fingerprint density at radius 3 is 2.38 bits per heavy atom. The number of thiazole rings is 1. The van der Waals surface area contributed by atoms with E-state index in [2.05, 4.69) is 23.1 Å². The molecular weight excluding hydrogens is 642 g/mol. The second-order valence-electron chi connectivity index (χ2n) is 14.9. The average Bonchev–Trinajstić information content (AvgIpc) is 3.67. The first-order chi connectivity index (χ1) is 23.0. The van der Waals surface area contributed by atoms with E-state index in [0.717, 1.165) is 76.6 Å². The van der Waals surface area contributed by atoms with E-state index in [9.17, 15) is 9.90 Å². The van der Waals surface area contributed by atoms with Crippen LogP contribution in [-0.4, -0.2) is 64.6 Å². The third kappa shape index (κ3) is 6.00. The second-order valence-corrected chi connectivity index (χ2v) is 16.3. The lowest BCUT2D eigenvalue weighted by Gasteiger charge is -2.41. The number of aromatic nitrogens is 1. The standard InChI is InChI=1S/C39H42ClN3O4S/c1-21-17-30-36(32(22-7-10-26(40)11-8-22)31(21)35(38(44)45)47-39(2,3)4)48-37(41-30)25-9-12-28-29(18-25)34(42-33(28)23-5-6-23)24-13-15-43(16-14-24)27-19-46-20-27/h7-12,17-18,23-24,27,33,35H,5-6,13-16,19-20H2,1-4H3,(H,44,45)/t33?,35-/m0/s1. The number of hydrogen-bond donors (Lipinski definition) is 1. The van der Waals surface area contributed by atoms with Crippen LogP contribution >= 0.6 is 22.9 Å². The summed E-state index contributed by atoms with van der Waals surface area (Å²) in [5.41, 5.74) is 8.42. The van der Waals surface area contributed by atoms with Crippen LogP contribution in [0.1, 0.15) is 80.9 Å². The first kappa shape index (κ1) is 32.1. The van der Waals surface area contributed by atoms with Gasteiger partial charge >= 0.3 is 5.97 Å². The minimum Gasteiger partial charge on any atom is -0.479 e. The normalized spacial score (nSPS) is 21.3. The molecular formula is C39H42ClN3O4S. The van der Waals surface area contributed by atoms with Crippen LogP contribution < -0.4 is 0 Å². The van der Waals surface area contributed by atoms with Gasteiger partial charge in [0.15, 0.2) is 6.10 Å². The molecule has 4 aromatic rings. The van der Waals surface area contributed by atoms with Gasteiger partial charge < -0.3 is 14.6 Å². The van der Waals surface area contributed by atoms with E-state index in [1.165, 1.54) is 29.7 Å². The summed E-state index contributed by atoms with van der Waals surface area (Å²) in [6.07, 6.45) is 3.63. The summed E-state index contributed by atoms with van der Waals surface area (Å²) in [5, 5.41) is 12.0. The number of carboxylic acid groups (broad SMARTS) is 1. The molecule has 1 saturated carbocycles. The number of piperidine rings is 1. The van der Waals surface area contributed by atoms with E-state index in [1.54, 1.807) is 11.3 Å². The van der Waals surface area contributed by atoms with Crippen LogP contribution in [0.15, 0.2) is 53.5 Å². The smallest absolute Gasteiger partial charge is 0.337 e. The lowest BCUT2D eigenvalue weighted by Crippen LogP contribution is -2.52. The number of fused-ring (bicyclic) bond motifs is 2. The van der Waals surface area contributed by atoms with Crippen molar-refractivity contribution in [1.29, 1.82) is 0 Å². The Labute approximate surface area is 291 Å². The van der Waals surface area contributed by atoms with Crippen molar-refractivity contribution in [3.05, 3.63) is 75.8 Å². The zero-order valence-electron chi connectivity index (χ0n) is 28.0. The van der Waals surface area contributed by atoms with Crippen LogP contribution in [0.3, 0.4) is 0 Å². The zero-order chi connectivity index (χ0) is 33.3. The number of halogens is 1. The number of carbonyl (C=O) groups is 1. The van der Waals surface area contributed by atoms with Gasteiger partial charge in [-0.25, -0.2) is 9.78 Å². The van der Waals surface area contributed by atoms with E-state index in [1.807, 2.05) is 58.0 Å². The van der Waals surface area contributed by atoms with Gasteiger partial charge in [-0.15, -0.1) is 11.3 Å². The molecule has 0 radical (unpaired) electrons. The Morgan fingerprint density at radius 1 is 1.04 bits per heavy atom. The van der Waals surface area contributed by atoms with Crippen molar-refractivity contribution in [2.24, 2.45) is 16.8 Å². The van der Waals surface area contributed by atoms with Crippen molar-refractivity contribution in [2.45, 2.75) is 77.2 Å². The van der Waals surface area contributed by atoms with Gasteiger partial charge in [0.1, 0.15) is 5.01 Å². The van der Waals surface area contributed by atoms with E-state index in [0.29, 0.717) is 28.5 Å². The van der Waals surface area contributed by atoms with Gasteiger partial charge in [0, 0.05) is 38.9 Å². The summed E-state index contributed by atoms with van der Waals surface area (Å²) < 4.78 is 12.6. The number of aryl methyl sites for hydroxylation is 1. The fraction of sp³-hybridized carbons (Fsp3) is 0.462. The maximum atomic E-state index is 12.8. The molecule has 1 N–H and O–H groups in total. The van der Waals surface area contributed by atoms with Crippen LogP contribution in [0, 0.1) is 18.8 Å². The van der Waals surface area contributed by atoms with Gasteiger partial charge in [0.05, 0.1) is 41.1 Å². The zero-order valence-corrected chi connectivity index (χ0v) is 29.5. The first-order valence-corrected chi connectivity index (χ1v) is 18.4. The number of carboxylic acids is 1. The highest BCUT2D eigenvalue weighted by Gasteiger charge is 2.41. The molecule has 2 atom stereocenters.